The highest BCUT2D eigenvalue weighted by Gasteiger charge is 2.03. The SMILES string of the molecule is COc1cncnc1Nc1ccncc1. The van der Waals surface area contributed by atoms with Crippen molar-refractivity contribution in [2.75, 3.05) is 12.4 Å². The van der Waals surface area contributed by atoms with Crippen molar-refractivity contribution in [2.24, 2.45) is 0 Å². The van der Waals surface area contributed by atoms with E-state index in [0.717, 1.165) is 5.69 Å². The van der Waals surface area contributed by atoms with Crippen molar-refractivity contribution in [1.29, 1.82) is 0 Å². The van der Waals surface area contributed by atoms with E-state index in [-0.39, 0.29) is 0 Å². The maximum atomic E-state index is 5.11. The van der Waals surface area contributed by atoms with E-state index in [9.17, 15) is 0 Å². The molecule has 76 valence electrons. The second-order valence-corrected chi connectivity index (χ2v) is 2.80. The van der Waals surface area contributed by atoms with Gasteiger partial charge in [-0.2, -0.15) is 0 Å². The predicted octanol–water partition coefficient (Wildman–Crippen LogP) is 1.62. The van der Waals surface area contributed by atoms with Crippen LogP contribution in [0.1, 0.15) is 0 Å². The number of hydrogen-bond donors (Lipinski definition) is 1. The van der Waals surface area contributed by atoms with E-state index in [0.29, 0.717) is 11.6 Å². The Morgan fingerprint density at radius 1 is 1.20 bits per heavy atom. The number of nitrogens with one attached hydrogen (secondary N) is 1. The van der Waals surface area contributed by atoms with Crippen molar-refractivity contribution in [1.82, 2.24) is 15.0 Å². The maximum Gasteiger partial charge on any atom is 0.179 e. The Morgan fingerprint density at radius 3 is 2.73 bits per heavy atom. The topological polar surface area (TPSA) is 59.9 Å². The van der Waals surface area contributed by atoms with Crippen LogP contribution in [0.15, 0.2) is 37.1 Å². The molecular formula is C10H10N4O. The Balaban J connectivity index is 2.24. The van der Waals surface area contributed by atoms with Gasteiger partial charge in [-0.15, -0.1) is 0 Å². The minimum absolute atomic E-state index is 0.606. The van der Waals surface area contributed by atoms with Crippen LogP contribution < -0.4 is 10.1 Å². The number of rotatable bonds is 3. The van der Waals surface area contributed by atoms with Crippen LogP contribution in [0.25, 0.3) is 0 Å². The molecule has 15 heavy (non-hydrogen) atoms. The van der Waals surface area contributed by atoms with E-state index in [2.05, 4.69) is 20.3 Å². The van der Waals surface area contributed by atoms with Gasteiger partial charge in [-0.05, 0) is 12.1 Å². The van der Waals surface area contributed by atoms with Crippen molar-refractivity contribution in [2.45, 2.75) is 0 Å². The second kappa shape index (κ2) is 4.36. The molecule has 0 radical (unpaired) electrons. The summed E-state index contributed by atoms with van der Waals surface area (Å²) in [6, 6.07) is 3.70. The lowest BCUT2D eigenvalue weighted by Crippen LogP contribution is -1.97. The zero-order chi connectivity index (χ0) is 10.5. The molecule has 0 bridgehead atoms. The van der Waals surface area contributed by atoms with Gasteiger partial charge in [0.15, 0.2) is 11.6 Å². The normalized spacial score (nSPS) is 9.67. The van der Waals surface area contributed by atoms with E-state index < -0.39 is 0 Å². The molecule has 0 unspecified atom stereocenters. The first kappa shape index (κ1) is 9.39. The van der Waals surface area contributed by atoms with Crippen molar-refractivity contribution >= 4 is 11.5 Å². The standard InChI is InChI=1S/C10H10N4O/c1-15-9-6-12-7-13-10(9)14-8-2-4-11-5-3-8/h2-7H,1H3,(H,11,12,13,14). The van der Waals surface area contributed by atoms with E-state index in [1.54, 1.807) is 25.7 Å². The molecule has 5 nitrogen and oxygen atoms in total. The Morgan fingerprint density at radius 2 is 2.00 bits per heavy atom. The first-order valence-corrected chi connectivity index (χ1v) is 4.41. The molecule has 0 saturated carbocycles. The third kappa shape index (κ3) is 2.19. The molecular weight excluding hydrogens is 192 g/mol. The van der Waals surface area contributed by atoms with E-state index in [4.69, 9.17) is 4.74 Å². The average Bonchev–Trinajstić information content (AvgIpc) is 2.31. The molecule has 5 heteroatoms. The highest BCUT2D eigenvalue weighted by molar-refractivity contribution is 5.60. The fraction of sp³-hybridized carbons (Fsp3) is 0.100. The number of aromatic nitrogens is 3. The van der Waals surface area contributed by atoms with Gasteiger partial charge in [0, 0.05) is 18.1 Å². The first-order chi connectivity index (χ1) is 7.40. The molecule has 2 heterocycles. The number of methoxy groups -OCH3 is 1. The van der Waals surface area contributed by atoms with Gasteiger partial charge < -0.3 is 10.1 Å². The average molecular weight is 202 g/mol. The molecule has 0 aromatic carbocycles. The zero-order valence-electron chi connectivity index (χ0n) is 8.21. The van der Waals surface area contributed by atoms with Gasteiger partial charge in [-0.3, -0.25) is 4.98 Å². The van der Waals surface area contributed by atoms with Gasteiger partial charge in [0.2, 0.25) is 0 Å². The number of pyridine rings is 1. The summed E-state index contributed by atoms with van der Waals surface area (Å²) in [7, 11) is 1.58. The summed E-state index contributed by atoms with van der Waals surface area (Å²) in [4.78, 5) is 11.9. The minimum Gasteiger partial charge on any atom is -0.491 e. The Kier molecular flexibility index (Phi) is 2.73. The molecule has 0 amide bonds. The van der Waals surface area contributed by atoms with Crippen molar-refractivity contribution in [3.05, 3.63) is 37.1 Å². The van der Waals surface area contributed by atoms with Crippen LogP contribution in [0.3, 0.4) is 0 Å². The highest BCUT2D eigenvalue weighted by atomic mass is 16.5. The zero-order valence-corrected chi connectivity index (χ0v) is 8.21. The van der Waals surface area contributed by atoms with Gasteiger partial charge in [-0.1, -0.05) is 0 Å². The summed E-state index contributed by atoms with van der Waals surface area (Å²) in [5.41, 5.74) is 0.905. The van der Waals surface area contributed by atoms with Gasteiger partial charge in [-0.25, -0.2) is 9.97 Å². The van der Waals surface area contributed by atoms with E-state index >= 15 is 0 Å². The smallest absolute Gasteiger partial charge is 0.179 e. The van der Waals surface area contributed by atoms with Crippen LogP contribution in [0.2, 0.25) is 0 Å². The Hall–Kier alpha value is -2.17. The molecule has 1 N–H and O–H groups in total. The molecule has 0 aliphatic carbocycles. The Bertz CT molecular complexity index is 432. The van der Waals surface area contributed by atoms with Gasteiger partial charge in [0.05, 0.1) is 13.3 Å². The van der Waals surface area contributed by atoms with Crippen LogP contribution in [-0.4, -0.2) is 22.1 Å². The lowest BCUT2D eigenvalue weighted by molar-refractivity contribution is 0.413. The summed E-state index contributed by atoms with van der Waals surface area (Å²) < 4.78 is 5.11. The van der Waals surface area contributed by atoms with Crippen LogP contribution in [0, 0.1) is 0 Å². The summed E-state index contributed by atoms with van der Waals surface area (Å²) in [6.07, 6.45) is 6.48. The quantitative estimate of drug-likeness (QED) is 0.819. The summed E-state index contributed by atoms with van der Waals surface area (Å²) in [5.74, 6) is 1.24. The van der Waals surface area contributed by atoms with Crippen molar-refractivity contribution in [3.8, 4) is 5.75 Å². The third-order valence-corrected chi connectivity index (χ3v) is 1.84. The van der Waals surface area contributed by atoms with Crippen LogP contribution in [0.4, 0.5) is 11.5 Å². The van der Waals surface area contributed by atoms with E-state index in [1.807, 2.05) is 12.1 Å². The molecule has 0 fully saturated rings. The molecule has 0 aliphatic heterocycles. The lowest BCUT2D eigenvalue weighted by Gasteiger charge is -2.08. The molecule has 2 aromatic rings. The fourth-order valence-electron chi connectivity index (χ4n) is 1.13. The summed E-state index contributed by atoms with van der Waals surface area (Å²) in [5, 5.41) is 3.11. The van der Waals surface area contributed by atoms with Crippen LogP contribution in [-0.2, 0) is 0 Å². The van der Waals surface area contributed by atoms with Crippen LogP contribution >= 0.6 is 0 Å². The van der Waals surface area contributed by atoms with Crippen LogP contribution in [0.5, 0.6) is 5.75 Å². The molecule has 0 spiro atoms. The molecule has 0 saturated heterocycles. The van der Waals surface area contributed by atoms with Gasteiger partial charge in [0.1, 0.15) is 6.33 Å². The van der Waals surface area contributed by atoms with Crippen molar-refractivity contribution < 1.29 is 4.74 Å². The number of anilines is 2. The fourth-order valence-corrected chi connectivity index (χ4v) is 1.13. The number of ether oxygens (including phenoxy) is 1. The first-order valence-electron chi connectivity index (χ1n) is 4.41. The second-order valence-electron chi connectivity index (χ2n) is 2.80. The Labute approximate surface area is 87.2 Å². The lowest BCUT2D eigenvalue weighted by atomic mass is 10.4. The highest BCUT2D eigenvalue weighted by Crippen LogP contribution is 2.22. The minimum atomic E-state index is 0.606. The summed E-state index contributed by atoms with van der Waals surface area (Å²) >= 11 is 0. The number of nitrogens with zero attached hydrogens (tertiary/aromatic N) is 3. The van der Waals surface area contributed by atoms with Gasteiger partial charge in [0.25, 0.3) is 0 Å². The largest absolute Gasteiger partial charge is 0.491 e. The maximum absolute atomic E-state index is 5.11. The van der Waals surface area contributed by atoms with E-state index in [1.165, 1.54) is 6.33 Å². The van der Waals surface area contributed by atoms with Gasteiger partial charge >= 0.3 is 0 Å². The number of hydrogen-bond acceptors (Lipinski definition) is 5. The summed E-state index contributed by atoms with van der Waals surface area (Å²) in [6.45, 7) is 0. The molecule has 2 rings (SSSR count). The van der Waals surface area contributed by atoms with Crippen molar-refractivity contribution in [3.63, 3.8) is 0 Å². The molecule has 0 aliphatic rings. The predicted molar refractivity (Wildman–Crippen MR) is 56.1 cm³/mol. The molecule has 0 atom stereocenters. The third-order valence-electron chi connectivity index (χ3n) is 1.84. The molecule has 2 aromatic heterocycles. The monoisotopic (exact) mass is 202 g/mol.